The van der Waals surface area contributed by atoms with Crippen molar-refractivity contribution in [1.29, 1.82) is 0 Å². The largest absolute Gasteiger partial charge is 0.507 e. The average molecular weight is 285 g/mol. The number of aryl methyl sites for hydroxylation is 1. The van der Waals surface area contributed by atoms with Gasteiger partial charge in [-0.2, -0.15) is 13.2 Å². The summed E-state index contributed by atoms with van der Waals surface area (Å²) in [5, 5.41) is 10.1. The Hall–Kier alpha value is -1.72. The number of anilines is 1. The quantitative estimate of drug-likeness (QED) is 0.807. The number of nitrogens with zero attached hydrogens (tertiary/aromatic N) is 1. The van der Waals surface area contributed by atoms with Gasteiger partial charge in [0.05, 0.1) is 5.56 Å². The van der Waals surface area contributed by atoms with Gasteiger partial charge in [-0.3, -0.25) is 4.79 Å². The third-order valence-electron chi connectivity index (χ3n) is 4.00. The molecule has 20 heavy (non-hydrogen) atoms. The number of carbonyl (C=O) groups is 1. The number of hydrogen-bond donors (Lipinski definition) is 1. The van der Waals surface area contributed by atoms with E-state index < -0.39 is 23.3 Å². The van der Waals surface area contributed by atoms with E-state index in [0.717, 1.165) is 37.2 Å². The second-order valence-electron chi connectivity index (χ2n) is 5.28. The van der Waals surface area contributed by atoms with Gasteiger partial charge in [-0.05, 0) is 37.3 Å². The molecule has 0 bridgehead atoms. The number of halogens is 3. The molecule has 1 aromatic carbocycles. The molecule has 2 aliphatic rings. The molecule has 108 valence electrons. The molecule has 0 aliphatic carbocycles. The first-order valence-electron chi connectivity index (χ1n) is 6.64. The summed E-state index contributed by atoms with van der Waals surface area (Å²) in [7, 11) is 0. The lowest BCUT2D eigenvalue weighted by molar-refractivity contribution is -0.0886. The molecule has 2 aliphatic heterocycles. The number of phenols is 1. The summed E-state index contributed by atoms with van der Waals surface area (Å²) in [6.07, 6.45) is -2.15. The molecule has 0 radical (unpaired) electrons. The number of aromatic hydroxyl groups is 1. The number of carbonyl (C=O) groups excluding carboxylic acids is 1. The predicted octanol–water partition coefficient (Wildman–Crippen LogP) is 2.84. The van der Waals surface area contributed by atoms with E-state index in [4.69, 9.17) is 0 Å². The molecule has 0 aromatic heterocycles. The van der Waals surface area contributed by atoms with Crippen LogP contribution in [0.4, 0.5) is 18.9 Å². The van der Waals surface area contributed by atoms with Crippen LogP contribution in [0, 0.1) is 0 Å². The van der Waals surface area contributed by atoms with Crippen LogP contribution in [-0.4, -0.2) is 30.2 Å². The van der Waals surface area contributed by atoms with Crippen molar-refractivity contribution in [2.45, 2.75) is 31.9 Å². The summed E-state index contributed by atoms with van der Waals surface area (Å²) in [5.74, 6) is -2.45. The molecule has 0 amide bonds. The third kappa shape index (κ3) is 1.94. The van der Waals surface area contributed by atoms with Crippen molar-refractivity contribution in [2.75, 3.05) is 18.0 Å². The summed E-state index contributed by atoms with van der Waals surface area (Å²) >= 11 is 0. The molecule has 0 atom stereocenters. The fraction of sp³-hybridized carbons (Fsp3) is 0.500. The van der Waals surface area contributed by atoms with Gasteiger partial charge in [0.25, 0.3) is 5.78 Å². The number of phenolic OH excluding ortho intramolecular Hbond substituents is 1. The van der Waals surface area contributed by atoms with Crippen molar-refractivity contribution in [3.05, 3.63) is 22.8 Å². The van der Waals surface area contributed by atoms with Gasteiger partial charge in [-0.1, -0.05) is 0 Å². The van der Waals surface area contributed by atoms with Crippen LogP contribution in [0.3, 0.4) is 0 Å². The monoisotopic (exact) mass is 285 g/mol. The highest BCUT2D eigenvalue weighted by atomic mass is 19.4. The van der Waals surface area contributed by atoms with Gasteiger partial charge < -0.3 is 10.0 Å². The van der Waals surface area contributed by atoms with Crippen LogP contribution in [0.15, 0.2) is 6.07 Å². The molecule has 1 N–H and O–H groups in total. The highest BCUT2D eigenvalue weighted by Gasteiger charge is 2.42. The molecule has 3 nitrogen and oxygen atoms in total. The van der Waals surface area contributed by atoms with Crippen LogP contribution in [-0.2, 0) is 12.8 Å². The Kier molecular flexibility index (Phi) is 2.92. The number of benzene rings is 1. The normalized spacial score (nSPS) is 17.9. The highest BCUT2D eigenvalue weighted by molar-refractivity contribution is 6.03. The van der Waals surface area contributed by atoms with Crippen LogP contribution in [0.25, 0.3) is 0 Å². The maximum atomic E-state index is 12.6. The Morgan fingerprint density at radius 1 is 1.20 bits per heavy atom. The Balaban J connectivity index is 2.18. The van der Waals surface area contributed by atoms with E-state index in [-0.39, 0.29) is 0 Å². The zero-order chi connectivity index (χ0) is 14.5. The topological polar surface area (TPSA) is 40.5 Å². The minimum Gasteiger partial charge on any atom is -0.507 e. The standard InChI is InChI=1S/C14H14F3NO2/c15-14(16,17)13(20)10-7-8-3-1-5-18-6-2-4-9(11(8)18)12(10)19/h7,19H,1-6H2. The second-order valence-corrected chi connectivity index (χ2v) is 5.28. The van der Waals surface area contributed by atoms with Crippen LogP contribution in [0.5, 0.6) is 5.75 Å². The lowest BCUT2D eigenvalue weighted by atomic mass is 9.88. The second kappa shape index (κ2) is 4.40. The summed E-state index contributed by atoms with van der Waals surface area (Å²) in [6.45, 7) is 1.71. The lowest BCUT2D eigenvalue weighted by Crippen LogP contribution is -2.35. The SMILES string of the molecule is O=C(c1cc2c3c(c1O)CCCN3CCC2)C(F)(F)F. The summed E-state index contributed by atoms with van der Waals surface area (Å²) in [5.41, 5.74) is 1.49. The minimum atomic E-state index is -4.96. The van der Waals surface area contributed by atoms with Gasteiger partial charge in [-0.15, -0.1) is 0 Å². The molecule has 0 unspecified atom stereocenters. The molecule has 1 aromatic rings. The minimum absolute atomic E-state index is 0.488. The molecule has 3 rings (SSSR count). The van der Waals surface area contributed by atoms with Gasteiger partial charge in [0, 0.05) is 24.3 Å². The van der Waals surface area contributed by atoms with Gasteiger partial charge in [0.2, 0.25) is 0 Å². The maximum Gasteiger partial charge on any atom is 0.455 e. The molecule has 0 fully saturated rings. The van der Waals surface area contributed by atoms with Crippen LogP contribution in [0.1, 0.15) is 34.3 Å². The molecule has 0 spiro atoms. The Morgan fingerprint density at radius 2 is 1.85 bits per heavy atom. The molecular weight excluding hydrogens is 271 g/mol. The highest BCUT2D eigenvalue weighted by Crippen LogP contribution is 2.43. The zero-order valence-electron chi connectivity index (χ0n) is 10.8. The van der Waals surface area contributed by atoms with E-state index in [9.17, 15) is 23.1 Å². The van der Waals surface area contributed by atoms with E-state index in [1.165, 1.54) is 6.07 Å². The first-order chi connectivity index (χ1) is 9.39. The fourth-order valence-electron chi connectivity index (χ4n) is 3.17. The van der Waals surface area contributed by atoms with E-state index in [1.54, 1.807) is 0 Å². The Morgan fingerprint density at radius 3 is 2.50 bits per heavy atom. The van der Waals surface area contributed by atoms with Gasteiger partial charge in [0.15, 0.2) is 0 Å². The maximum absolute atomic E-state index is 12.6. The van der Waals surface area contributed by atoms with Gasteiger partial charge in [0.1, 0.15) is 5.75 Å². The van der Waals surface area contributed by atoms with Crippen LogP contribution < -0.4 is 4.90 Å². The lowest BCUT2D eigenvalue weighted by Gasteiger charge is -2.37. The van der Waals surface area contributed by atoms with E-state index in [2.05, 4.69) is 4.90 Å². The number of alkyl halides is 3. The summed E-state index contributed by atoms with van der Waals surface area (Å²) in [6, 6.07) is 1.22. The van der Waals surface area contributed by atoms with Crippen LogP contribution >= 0.6 is 0 Å². The van der Waals surface area contributed by atoms with Crippen LogP contribution in [0.2, 0.25) is 0 Å². The number of rotatable bonds is 1. The zero-order valence-corrected chi connectivity index (χ0v) is 10.8. The fourth-order valence-corrected chi connectivity index (χ4v) is 3.17. The van der Waals surface area contributed by atoms with E-state index in [1.807, 2.05) is 0 Å². The van der Waals surface area contributed by atoms with Crippen molar-refractivity contribution in [1.82, 2.24) is 0 Å². The Bertz CT molecular complexity index is 579. The number of ketones is 1. The predicted molar refractivity (Wildman–Crippen MR) is 67.3 cm³/mol. The van der Waals surface area contributed by atoms with Gasteiger partial charge >= 0.3 is 6.18 Å². The van der Waals surface area contributed by atoms with Crippen molar-refractivity contribution in [3.8, 4) is 5.75 Å². The van der Waals surface area contributed by atoms with E-state index >= 15 is 0 Å². The van der Waals surface area contributed by atoms with Gasteiger partial charge in [-0.25, -0.2) is 0 Å². The average Bonchev–Trinajstić information content (AvgIpc) is 2.41. The molecular formula is C14H14F3NO2. The first-order valence-corrected chi connectivity index (χ1v) is 6.64. The number of hydrogen-bond acceptors (Lipinski definition) is 3. The molecule has 0 saturated heterocycles. The smallest absolute Gasteiger partial charge is 0.455 e. The first kappa shape index (κ1) is 13.3. The van der Waals surface area contributed by atoms with Crippen molar-refractivity contribution < 1.29 is 23.1 Å². The summed E-state index contributed by atoms with van der Waals surface area (Å²) < 4.78 is 37.8. The van der Waals surface area contributed by atoms with Crippen molar-refractivity contribution in [2.24, 2.45) is 0 Å². The number of Topliss-reactive ketones (excluding diaryl/α,β-unsaturated/α-hetero) is 1. The molecule has 2 heterocycles. The Labute approximate surface area is 114 Å². The third-order valence-corrected chi connectivity index (χ3v) is 4.00. The summed E-state index contributed by atoms with van der Waals surface area (Å²) in [4.78, 5) is 13.5. The molecule has 0 saturated carbocycles. The van der Waals surface area contributed by atoms with Crippen molar-refractivity contribution >= 4 is 11.5 Å². The van der Waals surface area contributed by atoms with E-state index in [0.29, 0.717) is 18.4 Å². The van der Waals surface area contributed by atoms with Crippen molar-refractivity contribution in [3.63, 3.8) is 0 Å². The molecule has 6 heteroatoms.